The molecule has 1 aromatic heterocycles. The van der Waals surface area contributed by atoms with E-state index in [0.717, 1.165) is 17.4 Å². The average molecular weight is 304 g/mol. The van der Waals surface area contributed by atoms with Gasteiger partial charge in [0, 0.05) is 30.9 Å². The van der Waals surface area contributed by atoms with E-state index in [9.17, 15) is 0 Å². The second-order valence-corrected chi connectivity index (χ2v) is 4.39. The van der Waals surface area contributed by atoms with Crippen LogP contribution in [0.25, 0.3) is 0 Å². The minimum absolute atomic E-state index is 0.634. The first kappa shape index (κ1) is 14.2. The van der Waals surface area contributed by atoms with Gasteiger partial charge in [-0.1, -0.05) is 0 Å². The molecule has 3 N–H and O–H groups in total. The first-order valence-electron chi connectivity index (χ1n) is 5.45. The SMILES string of the molecule is COCCOCCCNc1ncc(Br)cc1N. The highest BCUT2D eigenvalue weighted by Crippen LogP contribution is 2.19. The van der Waals surface area contributed by atoms with Gasteiger partial charge in [-0.15, -0.1) is 0 Å². The molecule has 0 radical (unpaired) electrons. The van der Waals surface area contributed by atoms with Crippen LogP contribution in [0.4, 0.5) is 11.5 Å². The Morgan fingerprint density at radius 1 is 1.41 bits per heavy atom. The van der Waals surface area contributed by atoms with E-state index in [1.54, 1.807) is 13.3 Å². The van der Waals surface area contributed by atoms with Gasteiger partial charge in [-0.3, -0.25) is 0 Å². The second-order valence-electron chi connectivity index (χ2n) is 3.48. The number of anilines is 2. The van der Waals surface area contributed by atoms with Gasteiger partial charge in [0.05, 0.1) is 18.9 Å². The maximum absolute atomic E-state index is 5.80. The Bertz CT molecular complexity index is 336. The molecule has 96 valence electrons. The molecule has 1 aromatic rings. The van der Waals surface area contributed by atoms with E-state index >= 15 is 0 Å². The van der Waals surface area contributed by atoms with Crippen LogP contribution < -0.4 is 11.1 Å². The van der Waals surface area contributed by atoms with Crippen molar-refractivity contribution in [1.82, 2.24) is 4.98 Å². The summed E-state index contributed by atoms with van der Waals surface area (Å²) in [5.74, 6) is 0.713. The van der Waals surface area contributed by atoms with Crippen LogP contribution in [-0.4, -0.2) is 38.5 Å². The second kappa shape index (κ2) is 8.27. The van der Waals surface area contributed by atoms with Crippen molar-refractivity contribution in [3.8, 4) is 0 Å². The predicted octanol–water partition coefficient (Wildman–Crippen LogP) is 1.89. The summed E-state index contributed by atoms with van der Waals surface area (Å²) < 4.78 is 11.1. The highest BCUT2D eigenvalue weighted by Gasteiger charge is 2.00. The third-order valence-corrected chi connectivity index (χ3v) is 2.51. The third-order valence-electron chi connectivity index (χ3n) is 2.07. The van der Waals surface area contributed by atoms with Crippen LogP contribution in [0.5, 0.6) is 0 Å². The number of pyridine rings is 1. The maximum Gasteiger partial charge on any atom is 0.149 e. The number of nitrogens with two attached hydrogens (primary N) is 1. The molecule has 0 unspecified atom stereocenters. The molecular formula is C11H18BrN3O2. The summed E-state index contributed by atoms with van der Waals surface area (Å²) in [7, 11) is 1.66. The lowest BCUT2D eigenvalue weighted by molar-refractivity contribution is 0.0705. The smallest absolute Gasteiger partial charge is 0.149 e. The average Bonchev–Trinajstić information content (AvgIpc) is 2.30. The number of nitrogen functional groups attached to an aromatic ring is 1. The summed E-state index contributed by atoms with van der Waals surface area (Å²) >= 11 is 3.31. The van der Waals surface area contributed by atoms with Gasteiger partial charge in [0.15, 0.2) is 0 Å². The van der Waals surface area contributed by atoms with Crippen molar-refractivity contribution in [2.24, 2.45) is 0 Å². The van der Waals surface area contributed by atoms with Crippen molar-refractivity contribution in [3.63, 3.8) is 0 Å². The van der Waals surface area contributed by atoms with Gasteiger partial charge in [0.2, 0.25) is 0 Å². The molecule has 5 nitrogen and oxygen atoms in total. The lowest BCUT2D eigenvalue weighted by Gasteiger charge is -2.08. The largest absolute Gasteiger partial charge is 0.396 e. The van der Waals surface area contributed by atoms with Gasteiger partial charge < -0.3 is 20.5 Å². The number of hydrogen-bond donors (Lipinski definition) is 2. The Morgan fingerprint density at radius 2 is 2.24 bits per heavy atom. The molecule has 0 aliphatic rings. The zero-order chi connectivity index (χ0) is 12.5. The molecule has 0 amide bonds. The molecule has 0 aliphatic heterocycles. The number of methoxy groups -OCH3 is 1. The summed E-state index contributed by atoms with van der Waals surface area (Å²) in [5, 5.41) is 3.16. The minimum atomic E-state index is 0.634. The normalized spacial score (nSPS) is 10.5. The minimum Gasteiger partial charge on any atom is -0.396 e. The summed E-state index contributed by atoms with van der Waals surface area (Å²) in [4.78, 5) is 4.18. The fourth-order valence-corrected chi connectivity index (χ4v) is 1.58. The van der Waals surface area contributed by atoms with E-state index in [2.05, 4.69) is 26.2 Å². The lowest BCUT2D eigenvalue weighted by Crippen LogP contribution is -2.10. The van der Waals surface area contributed by atoms with Gasteiger partial charge in [0.25, 0.3) is 0 Å². The zero-order valence-corrected chi connectivity index (χ0v) is 11.5. The molecular weight excluding hydrogens is 286 g/mol. The number of hydrogen-bond acceptors (Lipinski definition) is 5. The van der Waals surface area contributed by atoms with Crippen molar-refractivity contribution in [2.45, 2.75) is 6.42 Å². The monoisotopic (exact) mass is 303 g/mol. The molecule has 1 heterocycles. The Morgan fingerprint density at radius 3 is 2.94 bits per heavy atom. The summed E-state index contributed by atoms with van der Waals surface area (Å²) in [6, 6.07) is 1.82. The molecule has 0 fully saturated rings. The first-order chi connectivity index (χ1) is 8.24. The number of nitrogens with zero attached hydrogens (tertiary/aromatic N) is 1. The molecule has 1 rings (SSSR count). The lowest BCUT2D eigenvalue weighted by atomic mass is 10.4. The van der Waals surface area contributed by atoms with E-state index in [1.807, 2.05) is 6.07 Å². The van der Waals surface area contributed by atoms with E-state index in [0.29, 0.717) is 31.3 Å². The fraction of sp³-hybridized carbons (Fsp3) is 0.545. The van der Waals surface area contributed by atoms with Crippen LogP contribution in [0.15, 0.2) is 16.7 Å². The van der Waals surface area contributed by atoms with Crippen molar-refractivity contribution in [2.75, 3.05) is 44.5 Å². The molecule has 0 saturated carbocycles. The van der Waals surface area contributed by atoms with Crippen LogP contribution in [-0.2, 0) is 9.47 Å². The molecule has 0 aromatic carbocycles. The van der Waals surface area contributed by atoms with Gasteiger partial charge in [0.1, 0.15) is 5.82 Å². The van der Waals surface area contributed by atoms with Crippen molar-refractivity contribution < 1.29 is 9.47 Å². The summed E-state index contributed by atoms with van der Waals surface area (Å²) in [6.45, 7) is 2.75. The quantitative estimate of drug-likeness (QED) is 0.718. The highest BCUT2D eigenvalue weighted by atomic mass is 79.9. The molecule has 17 heavy (non-hydrogen) atoms. The summed E-state index contributed by atoms with van der Waals surface area (Å²) in [6.07, 6.45) is 2.62. The molecule has 6 heteroatoms. The molecule has 0 saturated heterocycles. The molecule has 0 bridgehead atoms. The standard InChI is InChI=1S/C11H18BrN3O2/c1-16-5-6-17-4-2-3-14-11-10(13)7-9(12)8-15-11/h7-8H,2-6,13H2,1H3,(H,14,15). The predicted molar refractivity (Wildman–Crippen MR) is 72.2 cm³/mol. The number of aromatic nitrogens is 1. The maximum atomic E-state index is 5.80. The molecule has 0 aliphatic carbocycles. The topological polar surface area (TPSA) is 69.4 Å². The Balaban J connectivity index is 2.14. The molecule has 0 atom stereocenters. The van der Waals surface area contributed by atoms with Gasteiger partial charge >= 0.3 is 0 Å². The van der Waals surface area contributed by atoms with E-state index < -0.39 is 0 Å². The van der Waals surface area contributed by atoms with Crippen LogP contribution >= 0.6 is 15.9 Å². The number of ether oxygens (including phenoxy) is 2. The Kier molecular flexibility index (Phi) is 6.91. The van der Waals surface area contributed by atoms with E-state index in [4.69, 9.17) is 15.2 Å². The zero-order valence-electron chi connectivity index (χ0n) is 9.91. The molecule has 0 spiro atoms. The number of rotatable bonds is 8. The van der Waals surface area contributed by atoms with E-state index in [1.165, 1.54) is 0 Å². The number of nitrogens with one attached hydrogen (secondary N) is 1. The third kappa shape index (κ3) is 5.86. The Hall–Kier alpha value is -0.850. The van der Waals surface area contributed by atoms with Crippen LogP contribution in [0, 0.1) is 0 Å². The van der Waals surface area contributed by atoms with Gasteiger partial charge in [-0.2, -0.15) is 0 Å². The van der Waals surface area contributed by atoms with Crippen molar-refractivity contribution in [3.05, 3.63) is 16.7 Å². The number of halogens is 1. The first-order valence-corrected chi connectivity index (χ1v) is 6.25. The van der Waals surface area contributed by atoms with Crippen molar-refractivity contribution in [1.29, 1.82) is 0 Å². The fourth-order valence-electron chi connectivity index (χ4n) is 1.23. The van der Waals surface area contributed by atoms with Gasteiger partial charge in [-0.05, 0) is 28.4 Å². The van der Waals surface area contributed by atoms with Crippen LogP contribution in [0.3, 0.4) is 0 Å². The van der Waals surface area contributed by atoms with E-state index in [-0.39, 0.29) is 0 Å². The summed E-state index contributed by atoms with van der Waals surface area (Å²) in [5.41, 5.74) is 6.44. The van der Waals surface area contributed by atoms with Gasteiger partial charge in [-0.25, -0.2) is 4.98 Å². The Labute approximate surface area is 110 Å². The van der Waals surface area contributed by atoms with Crippen LogP contribution in [0.1, 0.15) is 6.42 Å². The van der Waals surface area contributed by atoms with Crippen LogP contribution in [0.2, 0.25) is 0 Å². The van der Waals surface area contributed by atoms with Crippen molar-refractivity contribution >= 4 is 27.4 Å². The highest BCUT2D eigenvalue weighted by molar-refractivity contribution is 9.10.